The lowest BCUT2D eigenvalue weighted by Crippen LogP contribution is -1.99. The van der Waals surface area contributed by atoms with Crippen LogP contribution in [0.4, 0.5) is 5.82 Å². The van der Waals surface area contributed by atoms with Gasteiger partial charge in [-0.15, -0.1) is 11.3 Å². The van der Waals surface area contributed by atoms with Gasteiger partial charge in [0.05, 0.1) is 5.69 Å². The average molecular weight is 305 g/mol. The topological polar surface area (TPSA) is 62.7 Å². The van der Waals surface area contributed by atoms with Crippen LogP contribution >= 0.6 is 11.3 Å². The van der Waals surface area contributed by atoms with E-state index in [4.69, 9.17) is 5.73 Å². The Morgan fingerprint density at radius 3 is 2.59 bits per heavy atom. The van der Waals surface area contributed by atoms with E-state index < -0.39 is 0 Å². The Morgan fingerprint density at radius 1 is 1.23 bits per heavy atom. The summed E-state index contributed by atoms with van der Waals surface area (Å²) in [6.45, 7) is 2.13. The third-order valence-electron chi connectivity index (χ3n) is 3.60. The monoisotopic (exact) mass is 305 g/mol. The van der Waals surface area contributed by atoms with E-state index >= 15 is 0 Å². The fourth-order valence-electron chi connectivity index (χ4n) is 2.37. The van der Waals surface area contributed by atoms with Gasteiger partial charge in [-0.1, -0.05) is 37.3 Å². The molecule has 0 saturated heterocycles. The lowest BCUT2D eigenvalue weighted by Gasteiger charge is -2.09. The molecule has 108 valence electrons. The van der Waals surface area contributed by atoms with Gasteiger partial charge in [0.1, 0.15) is 17.5 Å². The van der Waals surface area contributed by atoms with Crippen LogP contribution in [-0.4, -0.2) is 4.98 Å². The van der Waals surface area contributed by atoms with Gasteiger partial charge in [-0.25, -0.2) is 4.98 Å². The van der Waals surface area contributed by atoms with Gasteiger partial charge in [0.15, 0.2) is 0 Å². The van der Waals surface area contributed by atoms with Crippen molar-refractivity contribution in [3.63, 3.8) is 0 Å². The van der Waals surface area contributed by atoms with Crippen LogP contribution in [0.2, 0.25) is 0 Å². The number of thiophene rings is 1. The number of benzene rings is 1. The van der Waals surface area contributed by atoms with Crippen molar-refractivity contribution in [2.45, 2.75) is 13.3 Å². The Kier molecular flexibility index (Phi) is 3.90. The van der Waals surface area contributed by atoms with Crippen LogP contribution in [-0.2, 0) is 6.42 Å². The highest BCUT2D eigenvalue weighted by molar-refractivity contribution is 7.13. The van der Waals surface area contributed by atoms with Crippen molar-refractivity contribution in [3.05, 3.63) is 59.0 Å². The van der Waals surface area contributed by atoms with E-state index in [1.54, 1.807) is 11.3 Å². The third kappa shape index (κ3) is 2.59. The molecule has 0 unspecified atom stereocenters. The van der Waals surface area contributed by atoms with Gasteiger partial charge in [-0.05, 0) is 29.5 Å². The number of anilines is 1. The number of rotatable bonds is 3. The molecule has 3 aromatic rings. The Balaban J connectivity index is 2.15. The first-order chi connectivity index (χ1) is 10.7. The van der Waals surface area contributed by atoms with Gasteiger partial charge >= 0.3 is 0 Å². The van der Waals surface area contributed by atoms with Crippen LogP contribution in [0.1, 0.15) is 18.1 Å². The molecule has 2 aromatic heterocycles. The quantitative estimate of drug-likeness (QED) is 0.775. The first-order valence-corrected chi connectivity index (χ1v) is 7.94. The number of nitrogens with two attached hydrogens (primary N) is 1. The Morgan fingerprint density at radius 2 is 2.00 bits per heavy atom. The molecular weight excluding hydrogens is 290 g/mol. The van der Waals surface area contributed by atoms with Crippen LogP contribution in [0.5, 0.6) is 0 Å². The minimum atomic E-state index is 0.281. The first kappa shape index (κ1) is 14.3. The molecule has 0 bridgehead atoms. The van der Waals surface area contributed by atoms with Crippen molar-refractivity contribution >= 4 is 17.2 Å². The second-order valence-electron chi connectivity index (χ2n) is 4.95. The normalized spacial score (nSPS) is 10.4. The molecule has 2 N–H and O–H groups in total. The smallest absolute Gasteiger partial charge is 0.142 e. The zero-order valence-corrected chi connectivity index (χ0v) is 13.0. The predicted molar refractivity (Wildman–Crippen MR) is 91.5 cm³/mol. The zero-order valence-electron chi connectivity index (χ0n) is 12.2. The van der Waals surface area contributed by atoms with Crippen LogP contribution in [0.25, 0.3) is 21.7 Å². The summed E-state index contributed by atoms with van der Waals surface area (Å²) in [6.07, 6.45) is 1.00. The molecule has 2 heterocycles. The Hall–Kier alpha value is -2.64. The first-order valence-electron chi connectivity index (χ1n) is 7.06. The molecule has 4 heteroatoms. The van der Waals surface area contributed by atoms with Gasteiger partial charge in [0, 0.05) is 16.0 Å². The number of aromatic nitrogens is 1. The van der Waals surface area contributed by atoms with Gasteiger partial charge in [0.25, 0.3) is 0 Å². The molecule has 3 rings (SSSR count). The molecule has 0 radical (unpaired) electrons. The summed E-state index contributed by atoms with van der Waals surface area (Å²) in [6, 6.07) is 16.4. The SMILES string of the molecule is CCc1ccc(-c2cc(-c3cccs3)c(C#N)c(N)n2)cc1. The lowest BCUT2D eigenvalue weighted by atomic mass is 10.0. The van der Waals surface area contributed by atoms with E-state index in [0.29, 0.717) is 5.56 Å². The van der Waals surface area contributed by atoms with Crippen LogP contribution in [0, 0.1) is 11.3 Å². The largest absolute Gasteiger partial charge is 0.383 e. The number of nitriles is 1. The maximum Gasteiger partial charge on any atom is 0.142 e. The van der Waals surface area contributed by atoms with Crippen LogP contribution < -0.4 is 5.73 Å². The number of nitrogens with zero attached hydrogens (tertiary/aromatic N) is 2. The fraction of sp³-hybridized carbons (Fsp3) is 0.111. The molecular formula is C18H15N3S. The number of hydrogen-bond donors (Lipinski definition) is 1. The van der Waals surface area contributed by atoms with Gasteiger partial charge in [-0.3, -0.25) is 0 Å². The maximum absolute atomic E-state index is 9.36. The third-order valence-corrected chi connectivity index (χ3v) is 4.51. The molecule has 0 amide bonds. The highest BCUT2D eigenvalue weighted by Gasteiger charge is 2.13. The molecule has 22 heavy (non-hydrogen) atoms. The van der Waals surface area contributed by atoms with E-state index in [2.05, 4.69) is 30.1 Å². The number of hydrogen-bond acceptors (Lipinski definition) is 4. The molecule has 0 fully saturated rings. The Bertz CT molecular complexity index is 828. The summed E-state index contributed by atoms with van der Waals surface area (Å²) in [5.74, 6) is 0.281. The van der Waals surface area contributed by atoms with Crippen molar-refractivity contribution < 1.29 is 0 Å². The molecule has 0 spiro atoms. The molecule has 0 saturated carbocycles. The highest BCUT2D eigenvalue weighted by Crippen LogP contribution is 2.33. The molecule has 0 atom stereocenters. The molecule has 0 aliphatic carbocycles. The van der Waals surface area contributed by atoms with Gasteiger partial charge in [0.2, 0.25) is 0 Å². The predicted octanol–water partition coefficient (Wildman–Crippen LogP) is 4.49. The van der Waals surface area contributed by atoms with Crippen molar-refractivity contribution in [1.82, 2.24) is 4.98 Å². The average Bonchev–Trinajstić information content (AvgIpc) is 3.08. The maximum atomic E-state index is 9.36. The van der Waals surface area contributed by atoms with E-state index in [9.17, 15) is 5.26 Å². The number of aryl methyl sites for hydroxylation is 1. The minimum absolute atomic E-state index is 0.281. The molecule has 1 aromatic carbocycles. The van der Waals surface area contributed by atoms with Crippen LogP contribution in [0.3, 0.4) is 0 Å². The van der Waals surface area contributed by atoms with Crippen molar-refractivity contribution in [2.24, 2.45) is 0 Å². The molecule has 0 aliphatic heterocycles. The fourth-order valence-corrected chi connectivity index (χ4v) is 3.12. The standard InChI is InChI=1S/C18H15N3S/c1-2-12-5-7-13(8-6-12)16-10-14(17-4-3-9-22-17)15(11-19)18(20)21-16/h3-10H,2H2,1H3,(H2,20,21). The number of pyridine rings is 1. The van der Waals surface area contributed by atoms with Gasteiger partial charge < -0.3 is 5.73 Å². The van der Waals surface area contributed by atoms with E-state index in [1.807, 2.05) is 35.7 Å². The summed E-state index contributed by atoms with van der Waals surface area (Å²) >= 11 is 1.59. The summed E-state index contributed by atoms with van der Waals surface area (Å²) in [7, 11) is 0. The van der Waals surface area contributed by atoms with E-state index in [1.165, 1.54) is 5.56 Å². The van der Waals surface area contributed by atoms with E-state index in [-0.39, 0.29) is 5.82 Å². The second kappa shape index (κ2) is 6.00. The molecule has 3 nitrogen and oxygen atoms in total. The minimum Gasteiger partial charge on any atom is -0.383 e. The zero-order chi connectivity index (χ0) is 15.5. The van der Waals surface area contributed by atoms with Crippen molar-refractivity contribution in [2.75, 3.05) is 5.73 Å². The number of nitrogen functional groups attached to an aromatic ring is 1. The lowest BCUT2D eigenvalue weighted by molar-refractivity contribution is 1.14. The summed E-state index contributed by atoms with van der Waals surface area (Å²) in [5.41, 5.74) is 10.4. The van der Waals surface area contributed by atoms with Gasteiger partial charge in [-0.2, -0.15) is 5.26 Å². The van der Waals surface area contributed by atoms with Crippen molar-refractivity contribution in [1.29, 1.82) is 5.26 Å². The highest BCUT2D eigenvalue weighted by atomic mass is 32.1. The Labute approximate surface area is 133 Å². The molecule has 0 aliphatic rings. The second-order valence-corrected chi connectivity index (χ2v) is 5.90. The van der Waals surface area contributed by atoms with Crippen molar-refractivity contribution in [3.8, 4) is 27.8 Å². The summed E-state index contributed by atoms with van der Waals surface area (Å²) < 4.78 is 0. The van der Waals surface area contributed by atoms with E-state index in [0.717, 1.165) is 28.1 Å². The summed E-state index contributed by atoms with van der Waals surface area (Å²) in [4.78, 5) is 5.43. The van der Waals surface area contributed by atoms with Crippen LogP contribution in [0.15, 0.2) is 47.8 Å². The summed E-state index contributed by atoms with van der Waals surface area (Å²) in [5, 5.41) is 11.4.